The first kappa shape index (κ1) is 23.0. The van der Waals surface area contributed by atoms with Gasteiger partial charge in [-0.25, -0.2) is 9.18 Å². The number of fused-ring (bicyclic) bond motifs is 1. The number of amides is 4. The molecule has 0 unspecified atom stereocenters. The number of nitrogens with zero attached hydrogens (tertiary/aromatic N) is 2. The molecule has 0 spiro atoms. The third kappa shape index (κ3) is 4.74. The quantitative estimate of drug-likeness (QED) is 0.305. The first-order valence-corrected chi connectivity index (χ1v) is 11.4. The molecule has 0 bridgehead atoms. The monoisotopic (exact) mass is 482 g/mol. The molecule has 7 nitrogen and oxygen atoms in total. The Balaban J connectivity index is 1.38. The van der Waals surface area contributed by atoms with E-state index in [-0.39, 0.29) is 30.5 Å². The lowest BCUT2D eigenvalue weighted by Crippen LogP contribution is -2.30. The number of urea groups is 1. The van der Waals surface area contributed by atoms with Crippen LogP contribution in [0.2, 0.25) is 0 Å². The highest BCUT2D eigenvalue weighted by molar-refractivity contribution is 6.14. The van der Waals surface area contributed by atoms with Gasteiger partial charge in [-0.15, -0.1) is 0 Å². The van der Waals surface area contributed by atoms with Gasteiger partial charge in [-0.2, -0.15) is 0 Å². The molecule has 1 aliphatic heterocycles. The number of aryl methyl sites for hydroxylation is 1. The number of nitrogens with one attached hydrogen (secondary N) is 2. The Labute approximate surface area is 206 Å². The Bertz CT molecular complexity index is 1500. The number of aromatic nitrogens is 1. The standard InChI is InChI=1S/C28H23FN4O3/c1-18-6-8-19(9-7-18)15-33-27(35)24(31-28(33)36)14-20-16-32(25-5-3-2-4-23(20)25)17-26(34)30-22-12-10-21(29)11-13-22/h2-14,16H,15,17H2,1H3,(H,30,34)(H,31,36)/b24-14+. The minimum absolute atomic E-state index is 0.0148. The van der Waals surface area contributed by atoms with Crippen LogP contribution in [0, 0.1) is 12.7 Å². The first-order chi connectivity index (χ1) is 17.4. The maximum atomic E-state index is 13.1. The van der Waals surface area contributed by atoms with Crippen LogP contribution in [0.4, 0.5) is 14.9 Å². The van der Waals surface area contributed by atoms with Crippen LogP contribution < -0.4 is 10.6 Å². The number of halogens is 1. The second-order valence-electron chi connectivity index (χ2n) is 8.65. The molecule has 4 amide bonds. The molecule has 0 radical (unpaired) electrons. The molecule has 4 aromatic rings. The van der Waals surface area contributed by atoms with E-state index in [1.807, 2.05) is 55.5 Å². The van der Waals surface area contributed by atoms with Crippen molar-refractivity contribution >= 4 is 40.5 Å². The highest BCUT2D eigenvalue weighted by Crippen LogP contribution is 2.25. The normalized spacial score (nSPS) is 14.5. The number of benzene rings is 3. The number of anilines is 1. The zero-order chi connectivity index (χ0) is 25.2. The number of hydrogen-bond acceptors (Lipinski definition) is 3. The molecule has 2 heterocycles. The second-order valence-corrected chi connectivity index (χ2v) is 8.65. The molecule has 3 aromatic carbocycles. The summed E-state index contributed by atoms with van der Waals surface area (Å²) in [6.07, 6.45) is 3.40. The summed E-state index contributed by atoms with van der Waals surface area (Å²) in [6, 6.07) is 20.2. The molecule has 0 saturated carbocycles. The minimum Gasteiger partial charge on any atom is -0.337 e. The lowest BCUT2D eigenvalue weighted by molar-refractivity contribution is -0.123. The van der Waals surface area contributed by atoms with Crippen molar-refractivity contribution in [3.8, 4) is 0 Å². The molecule has 5 rings (SSSR count). The summed E-state index contributed by atoms with van der Waals surface area (Å²) in [4.78, 5) is 39.4. The summed E-state index contributed by atoms with van der Waals surface area (Å²) in [6.45, 7) is 2.16. The van der Waals surface area contributed by atoms with Crippen LogP contribution in [0.3, 0.4) is 0 Å². The summed E-state index contributed by atoms with van der Waals surface area (Å²) < 4.78 is 14.9. The number of carbonyl (C=O) groups excluding carboxylic acids is 3. The third-order valence-electron chi connectivity index (χ3n) is 5.98. The molecule has 180 valence electrons. The first-order valence-electron chi connectivity index (χ1n) is 11.4. The van der Waals surface area contributed by atoms with Crippen LogP contribution in [-0.4, -0.2) is 27.3 Å². The van der Waals surface area contributed by atoms with E-state index in [4.69, 9.17) is 0 Å². The topological polar surface area (TPSA) is 83.4 Å². The molecule has 1 aromatic heterocycles. The number of hydrogen-bond donors (Lipinski definition) is 2. The Kier molecular flexibility index (Phi) is 6.08. The van der Waals surface area contributed by atoms with E-state index in [1.54, 1.807) is 16.8 Å². The molecule has 8 heteroatoms. The van der Waals surface area contributed by atoms with Crippen LogP contribution in [0.15, 0.2) is 84.7 Å². The lowest BCUT2D eigenvalue weighted by Gasteiger charge is -2.11. The van der Waals surface area contributed by atoms with E-state index in [2.05, 4.69) is 10.6 Å². The highest BCUT2D eigenvalue weighted by Gasteiger charge is 2.33. The Morgan fingerprint density at radius 3 is 2.47 bits per heavy atom. The Morgan fingerprint density at radius 1 is 1.00 bits per heavy atom. The van der Waals surface area contributed by atoms with Gasteiger partial charge >= 0.3 is 6.03 Å². The van der Waals surface area contributed by atoms with Gasteiger partial charge in [0.15, 0.2) is 0 Å². The Morgan fingerprint density at radius 2 is 1.72 bits per heavy atom. The summed E-state index contributed by atoms with van der Waals surface area (Å²) >= 11 is 0. The second kappa shape index (κ2) is 9.50. The summed E-state index contributed by atoms with van der Waals surface area (Å²) in [5.41, 5.74) is 4.11. The van der Waals surface area contributed by atoms with E-state index in [9.17, 15) is 18.8 Å². The molecule has 1 fully saturated rings. The van der Waals surface area contributed by atoms with Gasteiger partial charge in [-0.1, -0.05) is 48.0 Å². The van der Waals surface area contributed by atoms with Crippen molar-refractivity contribution in [2.24, 2.45) is 0 Å². The third-order valence-corrected chi connectivity index (χ3v) is 5.98. The van der Waals surface area contributed by atoms with Gasteiger partial charge in [0.05, 0.1) is 6.54 Å². The lowest BCUT2D eigenvalue weighted by atomic mass is 10.1. The van der Waals surface area contributed by atoms with Gasteiger partial charge in [-0.05, 0) is 48.9 Å². The van der Waals surface area contributed by atoms with Crippen LogP contribution in [0.1, 0.15) is 16.7 Å². The number of imide groups is 1. The van der Waals surface area contributed by atoms with E-state index in [0.29, 0.717) is 11.3 Å². The van der Waals surface area contributed by atoms with Gasteiger partial charge < -0.3 is 15.2 Å². The molecule has 1 saturated heterocycles. The largest absolute Gasteiger partial charge is 0.337 e. The van der Waals surface area contributed by atoms with Crippen molar-refractivity contribution in [3.05, 3.63) is 107 Å². The number of carbonyl (C=O) groups is 3. The van der Waals surface area contributed by atoms with Crippen molar-refractivity contribution in [3.63, 3.8) is 0 Å². The van der Waals surface area contributed by atoms with E-state index in [1.165, 1.54) is 29.2 Å². The van der Waals surface area contributed by atoms with Gasteiger partial charge in [0.25, 0.3) is 5.91 Å². The minimum atomic E-state index is -0.478. The molecule has 0 aliphatic carbocycles. The molecule has 1 aliphatic rings. The maximum absolute atomic E-state index is 13.1. The smallest absolute Gasteiger partial charge is 0.329 e. The van der Waals surface area contributed by atoms with Gasteiger partial charge in [0, 0.05) is 28.4 Å². The summed E-state index contributed by atoms with van der Waals surface area (Å²) in [7, 11) is 0. The zero-order valence-electron chi connectivity index (χ0n) is 19.5. The fourth-order valence-electron chi connectivity index (χ4n) is 4.16. The summed E-state index contributed by atoms with van der Waals surface area (Å²) in [5.74, 6) is -1.07. The summed E-state index contributed by atoms with van der Waals surface area (Å²) in [5, 5.41) is 6.25. The number of para-hydroxylation sites is 1. The highest BCUT2D eigenvalue weighted by atomic mass is 19.1. The molecule has 0 atom stereocenters. The van der Waals surface area contributed by atoms with E-state index < -0.39 is 11.9 Å². The van der Waals surface area contributed by atoms with Crippen molar-refractivity contribution < 1.29 is 18.8 Å². The molecular weight excluding hydrogens is 459 g/mol. The number of rotatable bonds is 6. The van der Waals surface area contributed by atoms with E-state index in [0.717, 1.165) is 22.0 Å². The zero-order valence-corrected chi connectivity index (χ0v) is 19.5. The van der Waals surface area contributed by atoms with Crippen molar-refractivity contribution in [1.82, 2.24) is 14.8 Å². The molecule has 36 heavy (non-hydrogen) atoms. The molecular formula is C28H23FN4O3. The maximum Gasteiger partial charge on any atom is 0.329 e. The van der Waals surface area contributed by atoms with Crippen LogP contribution >= 0.6 is 0 Å². The van der Waals surface area contributed by atoms with Crippen molar-refractivity contribution in [1.29, 1.82) is 0 Å². The SMILES string of the molecule is Cc1ccc(CN2C(=O)N/C(=C/c3cn(CC(=O)Nc4ccc(F)cc4)c4ccccc34)C2=O)cc1. The van der Waals surface area contributed by atoms with Crippen LogP contribution in [0.25, 0.3) is 17.0 Å². The molecule has 2 N–H and O–H groups in total. The fourth-order valence-corrected chi connectivity index (χ4v) is 4.16. The van der Waals surface area contributed by atoms with Crippen molar-refractivity contribution in [2.75, 3.05) is 5.32 Å². The van der Waals surface area contributed by atoms with E-state index >= 15 is 0 Å². The van der Waals surface area contributed by atoms with Gasteiger partial charge in [-0.3, -0.25) is 14.5 Å². The average molecular weight is 483 g/mol. The van der Waals surface area contributed by atoms with Crippen molar-refractivity contribution in [2.45, 2.75) is 20.0 Å². The fraction of sp³-hybridized carbons (Fsp3) is 0.107. The van der Waals surface area contributed by atoms with Crippen LogP contribution in [-0.2, 0) is 22.7 Å². The predicted octanol–water partition coefficient (Wildman–Crippen LogP) is 4.82. The average Bonchev–Trinajstić information content (AvgIpc) is 3.33. The Hall–Kier alpha value is -4.72. The van der Waals surface area contributed by atoms with Gasteiger partial charge in [0.1, 0.15) is 18.1 Å². The van der Waals surface area contributed by atoms with Crippen LogP contribution in [0.5, 0.6) is 0 Å². The predicted molar refractivity (Wildman–Crippen MR) is 135 cm³/mol. The van der Waals surface area contributed by atoms with Gasteiger partial charge in [0.2, 0.25) is 5.91 Å².